The van der Waals surface area contributed by atoms with Gasteiger partial charge in [0.1, 0.15) is 11.5 Å². The van der Waals surface area contributed by atoms with Gasteiger partial charge >= 0.3 is 5.97 Å². The van der Waals surface area contributed by atoms with Crippen molar-refractivity contribution in [3.05, 3.63) is 59.7 Å². The molecule has 0 aromatic heterocycles. The third-order valence-corrected chi connectivity index (χ3v) is 3.53. The number of amides is 1. The molecule has 2 aromatic rings. The van der Waals surface area contributed by atoms with Gasteiger partial charge in [0.15, 0.2) is 0 Å². The molecular formula is C19H21NO5. The quantitative estimate of drug-likeness (QED) is 0.684. The Hall–Kier alpha value is -3.02. The summed E-state index contributed by atoms with van der Waals surface area (Å²) in [4.78, 5) is 22.7. The molecule has 25 heavy (non-hydrogen) atoms. The third kappa shape index (κ3) is 5.84. The van der Waals surface area contributed by atoms with Crippen molar-refractivity contribution in [1.82, 2.24) is 5.32 Å². The Balaban J connectivity index is 1.83. The highest BCUT2D eigenvalue weighted by Crippen LogP contribution is 2.17. The minimum absolute atomic E-state index is 0.0903. The van der Waals surface area contributed by atoms with Crippen molar-refractivity contribution < 1.29 is 24.2 Å². The van der Waals surface area contributed by atoms with E-state index < -0.39 is 5.97 Å². The Morgan fingerprint density at radius 1 is 1.08 bits per heavy atom. The summed E-state index contributed by atoms with van der Waals surface area (Å²) in [6.07, 6.45) is 0.555. The van der Waals surface area contributed by atoms with Crippen molar-refractivity contribution in [1.29, 1.82) is 0 Å². The number of para-hydroxylation sites is 1. The summed E-state index contributed by atoms with van der Waals surface area (Å²) in [5.41, 5.74) is 1.42. The second kappa shape index (κ2) is 9.32. The molecule has 6 heteroatoms. The number of aliphatic carboxylic acids is 1. The molecule has 2 aromatic carbocycles. The summed E-state index contributed by atoms with van der Waals surface area (Å²) in [7, 11) is 1.53. The highest BCUT2D eigenvalue weighted by atomic mass is 16.5. The van der Waals surface area contributed by atoms with E-state index in [-0.39, 0.29) is 12.3 Å². The summed E-state index contributed by atoms with van der Waals surface area (Å²) < 4.78 is 10.7. The smallest absolute Gasteiger partial charge is 0.303 e. The van der Waals surface area contributed by atoms with Crippen LogP contribution in [0.15, 0.2) is 48.5 Å². The maximum absolute atomic E-state index is 12.2. The Morgan fingerprint density at radius 3 is 2.48 bits per heavy atom. The molecule has 0 saturated heterocycles. The van der Waals surface area contributed by atoms with Crippen LogP contribution in [0, 0.1) is 0 Å². The van der Waals surface area contributed by atoms with Crippen LogP contribution in [0.2, 0.25) is 0 Å². The number of rotatable bonds is 9. The van der Waals surface area contributed by atoms with Crippen LogP contribution in [0.1, 0.15) is 28.8 Å². The molecule has 2 N–H and O–H groups in total. The van der Waals surface area contributed by atoms with E-state index in [1.165, 1.54) is 7.11 Å². The van der Waals surface area contributed by atoms with Gasteiger partial charge in [-0.15, -0.1) is 0 Å². The Labute approximate surface area is 146 Å². The lowest BCUT2D eigenvalue weighted by Crippen LogP contribution is -2.23. The van der Waals surface area contributed by atoms with Gasteiger partial charge in [0.2, 0.25) is 0 Å². The van der Waals surface area contributed by atoms with E-state index in [0.29, 0.717) is 36.6 Å². The molecule has 0 spiro atoms. The zero-order valence-electron chi connectivity index (χ0n) is 14.0. The first-order valence-corrected chi connectivity index (χ1v) is 7.95. The fourth-order valence-corrected chi connectivity index (χ4v) is 2.23. The van der Waals surface area contributed by atoms with Crippen LogP contribution in [0.25, 0.3) is 0 Å². The number of hydrogen-bond donors (Lipinski definition) is 2. The fraction of sp³-hybridized carbons (Fsp3) is 0.263. The maximum Gasteiger partial charge on any atom is 0.303 e. The van der Waals surface area contributed by atoms with Gasteiger partial charge in [-0.25, -0.2) is 0 Å². The first-order chi connectivity index (χ1) is 12.1. The number of nitrogens with one attached hydrogen (secondary N) is 1. The summed E-state index contributed by atoms with van der Waals surface area (Å²) in [5.74, 6) is 0.173. The van der Waals surface area contributed by atoms with Crippen LogP contribution in [-0.4, -0.2) is 30.7 Å². The van der Waals surface area contributed by atoms with Crippen molar-refractivity contribution in [2.24, 2.45) is 0 Å². The zero-order chi connectivity index (χ0) is 18.1. The molecule has 2 rings (SSSR count). The van der Waals surface area contributed by atoms with E-state index in [1.54, 1.807) is 30.3 Å². The second-order valence-corrected chi connectivity index (χ2v) is 5.37. The van der Waals surface area contributed by atoms with Gasteiger partial charge in [-0.3, -0.25) is 9.59 Å². The number of methoxy groups -OCH3 is 1. The molecular weight excluding hydrogens is 322 g/mol. The van der Waals surface area contributed by atoms with Crippen molar-refractivity contribution in [2.75, 3.05) is 13.7 Å². The predicted molar refractivity (Wildman–Crippen MR) is 93.0 cm³/mol. The van der Waals surface area contributed by atoms with Crippen LogP contribution < -0.4 is 14.8 Å². The summed E-state index contributed by atoms with van der Waals surface area (Å²) >= 11 is 0. The van der Waals surface area contributed by atoms with E-state index in [1.807, 2.05) is 18.2 Å². The van der Waals surface area contributed by atoms with Crippen molar-refractivity contribution in [2.45, 2.75) is 19.4 Å². The SMILES string of the molecule is COc1ccccc1C(=O)NCc1ccc(OCCCC(=O)O)cc1. The molecule has 0 aliphatic heterocycles. The molecule has 0 aliphatic carbocycles. The minimum Gasteiger partial charge on any atom is -0.496 e. The Bertz CT molecular complexity index is 712. The summed E-state index contributed by atoms with van der Waals surface area (Å²) in [5, 5.41) is 11.4. The molecule has 6 nitrogen and oxygen atoms in total. The summed E-state index contributed by atoms with van der Waals surface area (Å²) in [6, 6.07) is 14.4. The Morgan fingerprint density at radius 2 is 1.80 bits per heavy atom. The number of carbonyl (C=O) groups is 2. The van der Waals surface area contributed by atoms with Gasteiger partial charge in [0, 0.05) is 13.0 Å². The van der Waals surface area contributed by atoms with Crippen LogP contribution in [0.4, 0.5) is 0 Å². The highest BCUT2D eigenvalue weighted by molar-refractivity contribution is 5.96. The van der Waals surface area contributed by atoms with E-state index in [0.717, 1.165) is 5.56 Å². The van der Waals surface area contributed by atoms with E-state index in [2.05, 4.69) is 5.32 Å². The molecule has 0 unspecified atom stereocenters. The molecule has 0 radical (unpaired) electrons. The van der Waals surface area contributed by atoms with Gasteiger partial charge in [-0.05, 0) is 36.2 Å². The monoisotopic (exact) mass is 343 g/mol. The number of carbonyl (C=O) groups excluding carboxylic acids is 1. The van der Waals surface area contributed by atoms with Gasteiger partial charge < -0.3 is 19.9 Å². The fourth-order valence-electron chi connectivity index (χ4n) is 2.23. The number of carboxylic acid groups (broad SMARTS) is 1. The molecule has 0 bridgehead atoms. The number of benzene rings is 2. The second-order valence-electron chi connectivity index (χ2n) is 5.37. The van der Waals surface area contributed by atoms with Crippen molar-refractivity contribution in [3.63, 3.8) is 0 Å². The first kappa shape index (κ1) is 18.3. The van der Waals surface area contributed by atoms with E-state index in [4.69, 9.17) is 14.6 Å². The summed E-state index contributed by atoms with van der Waals surface area (Å²) in [6.45, 7) is 0.742. The van der Waals surface area contributed by atoms with Gasteiger partial charge in [-0.2, -0.15) is 0 Å². The minimum atomic E-state index is -0.829. The number of carboxylic acids is 1. The Kier molecular flexibility index (Phi) is 6.83. The van der Waals surface area contributed by atoms with E-state index >= 15 is 0 Å². The van der Waals surface area contributed by atoms with Crippen LogP contribution in [0.3, 0.4) is 0 Å². The lowest BCUT2D eigenvalue weighted by Gasteiger charge is -2.10. The largest absolute Gasteiger partial charge is 0.496 e. The maximum atomic E-state index is 12.2. The molecule has 0 heterocycles. The third-order valence-electron chi connectivity index (χ3n) is 3.53. The first-order valence-electron chi connectivity index (χ1n) is 7.95. The van der Waals surface area contributed by atoms with Crippen LogP contribution in [-0.2, 0) is 11.3 Å². The number of ether oxygens (including phenoxy) is 2. The zero-order valence-corrected chi connectivity index (χ0v) is 14.0. The average molecular weight is 343 g/mol. The van der Waals surface area contributed by atoms with E-state index in [9.17, 15) is 9.59 Å². The van der Waals surface area contributed by atoms with Crippen molar-refractivity contribution in [3.8, 4) is 11.5 Å². The predicted octanol–water partition coefficient (Wildman–Crippen LogP) is 2.87. The topological polar surface area (TPSA) is 84.9 Å². The van der Waals surface area contributed by atoms with Gasteiger partial charge in [0.05, 0.1) is 19.3 Å². The number of hydrogen-bond acceptors (Lipinski definition) is 4. The normalized spacial score (nSPS) is 10.1. The molecule has 0 atom stereocenters. The molecule has 132 valence electrons. The van der Waals surface area contributed by atoms with Gasteiger partial charge in [0.25, 0.3) is 5.91 Å². The average Bonchev–Trinajstić information content (AvgIpc) is 2.64. The van der Waals surface area contributed by atoms with Gasteiger partial charge in [-0.1, -0.05) is 24.3 Å². The molecule has 0 fully saturated rings. The molecule has 0 aliphatic rings. The van der Waals surface area contributed by atoms with Crippen LogP contribution in [0.5, 0.6) is 11.5 Å². The lowest BCUT2D eigenvalue weighted by molar-refractivity contribution is -0.137. The lowest BCUT2D eigenvalue weighted by atomic mass is 10.1. The van der Waals surface area contributed by atoms with Crippen LogP contribution >= 0.6 is 0 Å². The molecule has 0 saturated carbocycles. The standard InChI is InChI=1S/C19H21NO5/c1-24-17-6-3-2-5-16(17)19(23)20-13-14-8-10-15(11-9-14)25-12-4-7-18(21)22/h2-3,5-6,8-11H,4,7,12-13H2,1H3,(H,20,23)(H,21,22). The van der Waals surface area contributed by atoms with Crippen molar-refractivity contribution >= 4 is 11.9 Å². The highest BCUT2D eigenvalue weighted by Gasteiger charge is 2.10. The molecule has 1 amide bonds.